The minimum atomic E-state index is 0.213. The summed E-state index contributed by atoms with van der Waals surface area (Å²) in [6.45, 7) is 0. The van der Waals surface area contributed by atoms with Crippen LogP contribution in [0.3, 0.4) is 0 Å². The molecule has 6 aromatic carbocycles. The Morgan fingerprint density at radius 2 is 1.28 bits per heavy atom. The van der Waals surface area contributed by atoms with Crippen molar-refractivity contribution in [1.82, 2.24) is 4.57 Å². The first-order valence-corrected chi connectivity index (χ1v) is 14.5. The molecule has 1 atom stereocenters. The lowest BCUT2D eigenvalue weighted by atomic mass is 9.75. The molecule has 3 nitrogen and oxygen atoms in total. The van der Waals surface area contributed by atoms with Gasteiger partial charge >= 0.3 is 0 Å². The first-order valence-electron chi connectivity index (χ1n) is 14.5. The average molecular weight is 548 g/mol. The second-order valence-corrected chi connectivity index (χ2v) is 11.2. The van der Waals surface area contributed by atoms with Crippen LogP contribution in [0.15, 0.2) is 133 Å². The number of nitrogens with zero attached hydrogens (tertiary/aromatic N) is 3. The molecule has 0 saturated carbocycles. The zero-order valence-corrected chi connectivity index (χ0v) is 23.3. The molecule has 1 aliphatic rings. The zero-order valence-electron chi connectivity index (χ0n) is 23.3. The third-order valence-electron chi connectivity index (χ3n) is 8.82. The minimum absolute atomic E-state index is 0.213. The van der Waals surface area contributed by atoms with E-state index in [9.17, 15) is 10.5 Å². The summed E-state index contributed by atoms with van der Waals surface area (Å²) in [4.78, 5) is 0. The number of hydrogen-bond donors (Lipinski definition) is 0. The maximum Gasteiger partial charge on any atom is 0.0992 e. The van der Waals surface area contributed by atoms with Crippen molar-refractivity contribution in [3.05, 3.63) is 161 Å². The molecule has 1 heterocycles. The van der Waals surface area contributed by atoms with Crippen LogP contribution in [0.25, 0.3) is 49.7 Å². The molecule has 1 unspecified atom stereocenters. The summed E-state index contributed by atoms with van der Waals surface area (Å²) in [6, 6.07) is 51.2. The Morgan fingerprint density at radius 3 is 2.16 bits per heavy atom. The van der Waals surface area contributed by atoms with E-state index in [1.54, 1.807) is 0 Å². The third kappa shape index (κ3) is 4.03. The van der Waals surface area contributed by atoms with Crippen molar-refractivity contribution in [2.45, 2.75) is 12.3 Å². The van der Waals surface area contributed by atoms with Gasteiger partial charge < -0.3 is 4.57 Å². The highest BCUT2D eigenvalue weighted by Gasteiger charge is 2.26. The molecule has 200 valence electrons. The number of hydrogen-bond acceptors (Lipinski definition) is 2. The molecular weight excluding hydrogens is 522 g/mol. The fraction of sp³-hybridized carbons (Fsp3) is 0.0500. The second-order valence-electron chi connectivity index (χ2n) is 11.2. The van der Waals surface area contributed by atoms with Crippen LogP contribution in [0.5, 0.6) is 0 Å². The smallest absolute Gasteiger partial charge is 0.0992 e. The van der Waals surface area contributed by atoms with Crippen molar-refractivity contribution in [3.63, 3.8) is 0 Å². The van der Waals surface area contributed by atoms with Crippen molar-refractivity contribution in [1.29, 1.82) is 10.5 Å². The van der Waals surface area contributed by atoms with Gasteiger partial charge in [0.25, 0.3) is 0 Å². The molecule has 0 bridgehead atoms. The maximum atomic E-state index is 9.52. The first-order chi connectivity index (χ1) is 21.2. The summed E-state index contributed by atoms with van der Waals surface area (Å²) >= 11 is 0. The highest BCUT2D eigenvalue weighted by molar-refractivity contribution is 6.10. The van der Waals surface area contributed by atoms with E-state index in [0.29, 0.717) is 11.1 Å². The predicted molar refractivity (Wildman–Crippen MR) is 173 cm³/mol. The number of nitriles is 2. The van der Waals surface area contributed by atoms with Gasteiger partial charge in [0.2, 0.25) is 0 Å². The average Bonchev–Trinajstić information content (AvgIpc) is 3.41. The SMILES string of the molecule is N#Cc1cccc(C2Cc3ccc(-c4ccc5c(c4)c4ccccc4n5-c4cccc(C#N)c4)cc3-c3ccccc32)c1. The molecule has 0 N–H and O–H groups in total. The topological polar surface area (TPSA) is 52.5 Å². The van der Waals surface area contributed by atoms with Crippen LogP contribution in [0.2, 0.25) is 0 Å². The van der Waals surface area contributed by atoms with E-state index in [1.165, 1.54) is 49.7 Å². The van der Waals surface area contributed by atoms with Crippen LogP contribution in [-0.4, -0.2) is 4.57 Å². The number of para-hydroxylation sites is 1. The summed E-state index contributed by atoms with van der Waals surface area (Å²) in [5, 5.41) is 21.4. The number of rotatable bonds is 3. The monoisotopic (exact) mass is 547 g/mol. The van der Waals surface area contributed by atoms with Gasteiger partial charge in [-0.2, -0.15) is 10.5 Å². The van der Waals surface area contributed by atoms with Gasteiger partial charge in [0.15, 0.2) is 0 Å². The Kier molecular flexibility index (Phi) is 5.71. The summed E-state index contributed by atoms with van der Waals surface area (Å²) < 4.78 is 2.25. The zero-order chi connectivity index (χ0) is 28.9. The molecule has 1 aliphatic carbocycles. The van der Waals surface area contributed by atoms with Gasteiger partial charge in [0.05, 0.1) is 34.3 Å². The second kappa shape index (κ2) is 9.88. The van der Waals surface area contributed by atoms with Crippen molar-refractivity contribution >= 4 is 21.8 Å². The van der Waals surface area contributed by atoms with E-state index in [0.717, 1.165) is 23.1 Å². The van der Waals surface area contributed by atoms with Gasteiger partial charge in [-0.25, -0.2) is 0 Å². The van der Waals surface area contributed by atoms with Crippen LogP contribution >= 0.6 is 0 Å². The quantitative estimate of drug-likeness (QED) is 0.221. The predicted octanol–water partition coefficient (Wildman–Crippen LogP) is 9.55. The molecular formula is C40H25N3. The first kappa shape index (κ1) is 24.9. The summed E-state index contributed by atoms with van der Waals surface area (Å²) in [5.41, 5.74) is 13.3. The van der Waals surface area contributed by atoms with Crippen LogP contribution < -0.4 is 0 Å². The number of benzene rings is 6. The van der Waals surface area contributed by atoms with E-state index in [2.05, 4.69) is 114 Å². The lowest BCUT2D eigenvalue weighted by molar-refractivity contribution is 0.793. The summed E-state index contributed by atoms with van der Waals surface area (Å²) in [7, 11) is 0. The van der Waals surface area contributed by atoms with E-state index >= 15 is 0 Å². The Labute approximate surface area is 250 Å². The third-order valence-corrected chi connectivity index (χ3v) is 8.82. The van der Waals surface area contributed by atoms with Crippen molar-refractivity contribution < 1.29 is 0 Å². The van der Waals surface area contributed by atoms with Gasteiger partial charge in [-0.05, 0) is 100.0 Å². The molecule has 0 radical (unpaired) electrons. The van der Waals surface area contributed by atoms with Gasteiger partial charge in [-0.1, -0.05) is 78.9 Å². The summed E-state index contributed by atoms with van der Waals surface area (Å²) in [5.74, 6) is 0.213. The van der Waals surface area contributed by atoms with Crippen LogP contribution in [0.1, 0.15) is 33.7 Å². The van der Waals surface area contributed by atoms with E-state index < -0.39 is 0 Å². The van der Waals surface area contributed by atoms with Gasteiger partial charge in [-0.3, -0.25) is 0 Å². The van der Waals surface area contributed by atoms with Crippen molar-refractivity contribution in [2.24, 2.45) is 0 Å². The highest BCUT2D eigenvalue weighted by Crippen LogP contribution is 2.44. The Bertz CT molecular complexity index is 2310. The standard InChI is InChI=1S/C40H25N3/c41-24-26-7-5-9-30(19-26)37-23-31-16-15-28(21-36(31)33-11-1-2-12-34(33)37)29-17-18-40-38(22-29)35-13-3-4-14-39(35)43(40)32-10-6-8-27(20-32)25-42/h1-22,37H,23H2. The van der Waals surface area contributed by atoms with Crippen LogP contribution in [0, 0.1) is 22.7 Å². The van der Waals surface area contributed by atoms with Crippen molar-refractivity contribution in [3.8, 4) is 40.1 Å². The minimum Gasteiger partial charge on any atom is -0.309 e. The van der Waals surface area contributed by atoms with E-state index in [-0.39, 0.29) is 5.92 Å². The molecule has 43 heavy (non-hydrogen) atoms. The molecule has 0 saturated heterocycles. The summed E-state index contributed by atoms with van der Waals surface area (Å²) in [6.07, 6.45) is 0.899. The molecule has 0 amide bonds. The fourth-order valence-corrected chi connectivity index (χ4v) is 6.83. The van der Waals surface area contributed by atoms with Gasteiger partial charge in [0, 0.05) is 22.4 Å². The molecule has 0 spiro atoms. The van der Waals surface area contributed by atoms with E-state index in [1.807, 2.05) is 36.4 Å². The molecule has 0 fully saturated rings. The van der Waals surface area contributed by atoms with Crippen molar-refractivity contribution in [2.75, 3.05) is 0 Å². The maximum absolute atomic E-state index is 9.52. The molecule has 7 aromatic rings. The normalized spacial score (nSPS) is 13.7. The number of aromatic nitrogens is 1. The van der Waals surface area contributed by atoms with Crippen LogP contribution in [0.4, 0.5) is 0 Å². The van der Waals surface area contributed by atoms with Gasteiger partial charge in [0.1, 0.15) is 0 Å². The Morgan fingerprint density at radius 1 is 0.558 bits per heavy atom. The van der Waals surface area contributed by atoms with Crippen LogP contribution in [-0.2, 0) is 6.42 Å². The molecule has 8 rings (SSSR count). The Hall–Kier alpha value is -5.90. The van der Waals surface area contributed by atoms with Gasteiger partial charge in [-0.15, -0.1) is 0 Å². The fourth-order valence-electron chi connectivity index (χ4n) is 6.83. The Balaban J connectivity index is 1.26. The number of fused-ring (bicyclic) bond motifs is 6. The molecule has 3 heteroatoms. The lowest BCUT2D eigenvalue weighted by Crippen LogP contribution is -2.13. The molecule has 1 aromatic heterocycles. The largest absolute Gasteiger partial charge is 0.309 e. The van der Waals surface area contributed by atoms with E-state index in [4.69, 9.17) is 0 Å². The lowest BCUT2D eigenvalue weighted by Gasteiger charge is -2.29. The highest BCUT2D eigenvalue weighted by atomic mass is 15.0. The molecule has 0 aliphatic heterocycles.